The van der Waals surface area contributed by atoms with E-state index in [1.165, 1.54) is 22.9 Å². The van der Waals surface area contributed by atoms with Crippen molar-refractivity contribution in [2.45, 2.75) is 45.4 Å². The van der Waals surface area contributed by atoms with Crippen molar-refractivity contribution in [2.24, 2.45) is 0 Å². The molecule has 1 aliphatic heterocycles. The molecule has 3 heterocycles. The number of rotatable bonds is 5. The minimum atomic E-state index is -3.32. The number of benzene rings is 1. The summed E-state index contributed by atoms with van der Waals surface area (Å²) in [6.45, 7) is 6.11. The largest absolute Gasteiger partial charge is 0.253 e. The van der Waals surface area contributed by atoms with Gasteiger partial charge in [0.05, 0.1) is 35.1 Å². The van der Waals surface area contributed by atoms with E-state index < -0.39 is 15.3 Å². The highest BCUT2D eigenvalue weighted by molar-refractivity contribution is 7.89. The van der Waals surface area contributed by atoms with Gasteiger partial charge in [0.25, 0.3) is 0 Å². The highest BCUT2D eigenvalue weighted by Gasteiger charge is 2.31. The number of halogens is 1. The van der Waals surface area contributed by atoms with Crippen LogP contribution in [0.5, 0.6) is 0 Å². The zero-order valence-electron chi connectivity index (χ0n) is 17.8. The third-order valence-electron chi connectivity index (χ3n) is 5.69. The molecule has 8 heteroatoms. The summed E-state index contributed by atoms with van der Waals surface area (Å²) in [6, 6.07) is 9.22. The number of nitrogens with zero attached hydrogens (tertiary/aromatic N) is 4. The molecule has 0 saturated heterocycles. The highest BCUT2D eigenvalue weighted by Crippen LogP contribution is 2.27. The van der Waals surface area contributed by atoms with Gasteiger partial charge in [0.1, 0.15) is 12.1 Å². The Hall–Kier alpha value is -2.71. The average molecular weight is 441 g/mol. The lowest BCUT2D eigenvalue weighted by Crippen LogP contribution is -2.40. The molecule has 0 fully saturated rings. The second kappa shape index (κ2) is 8.43. The average Bonchev–Trinajstić information content (AvgIpc) is 2.75. The second-order valence-electron chi connectivity index (χ2n) is 8.11. The van der Waals surface area contributed by atoms with Crippen molar-refractivity contribution in [3.8, 4) is 11.3 Å². The quantitative estimate of drug-likeness (QED) is 0.605. The van der Waals surface area contributed by atoms with Gasteiger partial charge in [-0.05, 0) is 62.1 Å². The number of sulfonamides is 1. The van der Waals surface area contributed by atoms with Gasteiger partial charge >= 0.3 is 0 Å². The summed E-state index contributed by atoms with van der Waals surface area (Å²) >= 11 is 0. The van der Waals surface area contributed by atoms with Crippen LogP contribution in [0, 0.1) is 12.7 Å². The van der Waals surface area contributed by atoms with Crippen LogP contribution in [-0.2, 0) is 29.4 Å². The predicted molar refractivity (Wildman–Crippen MR) is 117 cm³/mol. The molecule has 31 heavy (non-hydrogen) atoms. The number of aromatic nitrogens is 3. The number of pyridine rings is 1. The minimum absolute atomic E-state index is 0.282. The lowest BCUT2D eigenvalue weighted by atomic mass is 9.96. The molecule has 6 nitrogen and oxygen atoms in total. The Morgan fingerprint density at radius 1 is 1.13 bits per heavy atom. The predicted octanol–water partition coefficient (Wildman–Crippen LogP) is 3.67. The Morgan fingerprint density at radius 3 is 2.65 bits per heavy atom. The van der Waals surface area contributed by atoms with Gasteiger partial charge in [-0.2, -0.15) is 4.31 Å². The molecule has 3 aromatic rings. The number of fused-ring (bicyclic) bond motifs is 1. The minimum Gasteiger partial charge on any atom is -0.253 e. The molecule has 0 amide bonds. The number of aryl methyl sites for hydroxylation is 1. The summed E-state index contributed by atoms with van der Waals surface area (Å²) in [5.74, 6) is -0.362. The molecule has 0 atom stereocenters. The van der Waals surface area contributed by atoms with Crippen molar-refractivity contribution in [1.82, 2.24) is 19.3 Å². The van der Waals surface area contributed by atoms with Crippen LogP contribution in [0.2, 0.25) is 0 Å². The molecule has 1 aromatic carbocycles. The molecule has 1 aliphatic rings. The van der Waals surface area contributed by atoms with Crippen molar-refractivity contribution in [3.63, 3.8) is 0 Å². The van der Waals surface area contributed by atoms with Crippen LogP contribution in [-0.4, -0.2) is 39.5 Å². The van der Waals surface area contributed by atoms with E-state index in [4.69, 9.17) is 0 Å². The fourth-order valence-corrected chi connectivity index (χ4v) is 5.09. The summed E-state index contributed by atoms with van der Waals surface area (Å²) in [6.07, 6.45) is 3.93. The van der Waals surface area contributed by atoms with E-state index in [1.807, 2.05) is 13.0 Å². The van der Waals surface area contributed by atoms with Crippen LogP contribution < -0.4 is 0 Å². The second-order valence-corrected chi connectivity index (χ2v) is 10.6. The van der Waals surface area contributed by atoms with E-state index in [9.17, 15) is 12.8 Å². The third-order valence-corrected chi connectivity index (χ3v) is 7.92. The fraction of sp³-hybridized carbons (Fsp3) is 0.348. The Morgan fingerprint density at radius 2 is 1.94 bits per heavy atom. The van der Waals surface area contributed by atoms with Crippen LogP contribution in [0.1, 0.15) is 41.9 Å². The summed E-state index contributed by atoms with van der Waals surface area (Å²) in [5, 5.41) is -0.457. The molecule has 0 bridgehead atoms. The van der Waals surface area contributed by atoms with Crippen molar-refractivity contribution in [3.05, 3.63) is 76.8 Å². The van der Waals surface area contributed by atoms with Gasteiger partial charge in [-0.15, -0.1) is 0 Å². The van der Waals surface area contributed by atoms with E-state index in [-0.39, 0.29) is 12.4 Å². The molecule has 0 spiro atoms. The molecule has 0 radical (unpaired) electrons. The molecule has 4 rings (SSSR count). The van der Waals surface area contributed by atoms with Crippen molar-refractivity contribution in [2.75, 3.05) is 6.54 Å². The van der Waals surface area contributed by atoms with E-state index in [0.717, 1.165) is 39.3 Å². The van der Waals surface area contributed by atoms with E-state index in [1.54, 1.807) is 19.9 Å². The first-order valence-electron chi connectivity index (χ1n) is 10.3. The van der Waals surface area contributed by atoms with Crippen molar-refractivity contribution in [1.29, 1.82) is 0 Å². The Bertz CT molecular complexity index is 1210. The van der Waals surface area contributed by atoms with Gasteiger partial charge < -0.3 is 0 Å². The molecule has 2 aromatic heterocycles. The van der Waals surface area contributed by atoms with Crippen molar-refractivity contribution >= 4 is 10.0 Å². The van der Waals surface area contributed by atoms with Crippen molar-refractivity contribution < 1.29 is 12.8 Å². The van der Waals surface area contributed by atoms with Crippen LogP contribution in [0.4, 0.5) is 4.39 Å². The fourth-order valence-electron chi connectivity index (χ4n) is 3.85. The van der Waals surface area contributed by atoms with Crippen LogP contribution >= 0.6 is 0 Å². The SMILES string of the molecule is Cc1ccc(Cc2ncnc3c2CCN(S(=O)(=O)C(C)C)C3)cc1-c1ccc(F)cn1. The molecular weight excluding hydrogens is 415 g/mol. The van der Waals surface area contributed by atoms with E-state index in [2.05, 4.69) is 27.1 Å². The maximum Gasteiger partial charge on any atom is 0.216 e. The lowest BCUT2D eigenvalue weighted by molar-refractivity contribution is 0.379. The third kappa shape index (κ3) is 4.36. The topological polar surface area (TPSA) is 76.1 Å². The maximum atomic E-state index is 13.3. The molecule has 0 aliphatic carbocycles. The van der Waals surface area contributed by atoms with Crippen LogP contribution in [0.25, 0.3) is 11.3 Å². The monoisotopic (exact) mass is 440 g/mol. The lowest BCUT2D eigenvalue weighted by Gasteiger charge is -2.29. The van der Waals surface area contributed by atoms with Gasteiger partial charge in [0.2, 0.25) is 10.0 Å². The zero-order valence-corrected chi connectivity index (χ0v) is 18.7. The number of hydrogen-bond donors (Lipinski definition) is 0. The first-order chi connectivity index (χ1) is 14.8. The smallest absolute Gasteiger partial charge is 0.216 e. The summed E-state index contributed by atoms with van der Waals surface area (Å²) in [5.41, 5.74) is 6.50. The van der Waals surface area contributed by atoms with Gasteiger partial charge in [0, 0.05) is 18.5 Å². The first kappa shape index (κ1) is 21.5. The Kier molecular flexibility index (Phi) is 5.85. The summed E-state index contributed by atoms with van der Waals surface area (Å²) in [4.78, 5) is 13.1. The van der Waals surface area contributed by atoms with Gasteiger partial charge in [-0.3, -0.25) is 4.98 Å². The summed E-state index contributed by atoms with van der Waals surface area (Å²) in [7, 11) is -3.32. The Labute approximate surface area is 182 Å². The molecule has 0 unspecified atom stereocenters. The van der Waals surface area contributed by atoms with E-state index >= 15 is 0 Å². The van der Waals surface area contributed by atoms with Gasteiger partial charge in [-0.25, -0.2) is 22.8 Å². The molecule has 0 N–H and O–H groups in total. The van der Waals surface area contributed by atoms with Crippen LogP contribution in [0.3, 0.4) is 0 Å². The summed E-state index contributed by atoms with van der Waals surface area (Å²) < 4.78 is 39.9. The molecule has 0 saturated carbocycles. The van der Waals surface area contributed by atoms with Gasteiger partial charge in [0.15, 0.2) is 0 Å². The molecular formula is C23H25FN4O2S. The van der Waals surface area contributed by atoms with Crippen LogP contribution in [0.15, 0.2) is 42.9 Å². The number of hydrogen-bond acceptors (Lipinski definition) is 5. The molecule has 162 valence electrons. The zero-order chi connectivity index (χ0) is 22.2. The van der Waals surface area contributed by atoms with Gasteiger partial charge in [-0.1, -0.05) is 12.1 Å². The maximum absolute atomic E-state index is 13.3. The first-order valence-corrected chi connectivity index (χ1v) is 11.8. The standard InChI is InChI=1S/C23H25FN4O2S/c1-15(2)31(29,30)28-9-8-19-22(26-14-27-23(19)13-28)11-17-5-4-16(3)20(10-17)21-7-6-18(24)12-25-21/h4-7,10,12,14-15H,8-9,11,13H2,1-3H3. The Balaban J connectivity index is 1.62. The normalized spacial score (nSPS) is 14.6. The highest BCUT2D eigenvalue weighted by atomic mass is 32.2. The van der Waals surface area contributed by atoms with E-state index in [0.29, 0.717) is 19.4 Å².